The van der Waals surface area contributed by atoms with Crippen molar-refractivity contribution in [3.63, 3.8) is 0 Å². The number of aromatic hydroxyl groups is 1. The number of benzene rings is 1. The van der Waals surface area contributed by atoms with Crippen LogP contribution in [0, 0.1) is 6.57 Å². The van der Waals surface area contributed by atoms with Gasteiger partial charge in [-0.2, -0.15) is 4.68 Å². The van der Waals surface area contributed by atoms with Crippen LogP contribution in [0.5, 0.6) is 5.75 Å². The fourth-order valence-electron chi connectivity index (χ4n) is 1.84. The Bertz CT molecular complexity index is 705. The number of rotatable bonds is 2. The molecule has 2 rings (SSSR count). The quantitative estimate of drug-likeness (QED) is 0.674. The zero-order valence-corrected chi connectivity index (χ0v) is 11.5. The van der Waals surface area contributed by atoms with Crippen molar-refractivity contribution in [2.24, 2.45) is 0 Å². The van der Waals surface area contributed by atoms with Crippen LogP contribution in [0.4, 0.5) is 5.82 Å². The Kier molecular flexibility index (Phi) is 3.36. The molecule has 20 heavy (non-hydrogen) atoms. The van der Waals surface area contributed by atoms with Crippen LogP contribution >= 0.6 is 0 Å². The van der Waals surface area contributed by atoms with Crippen molar-refractivity contribution in [3.05, 3.63) is 29.6 Å². The number of ether oxygens (including phenoxy) is 1. The molecule has 6 nitrogen and oxygen atoms in total. The molecule has 0 atom stereocenters. The largest absolute Gasteiger partial charge is 0.508 e. The van der Waals surface area contributed by atoms with Gasteiger partial charge >= 0.3 is 11.8 Å². The first-order valence-electron chi connectivity index (χ1n) is 6.09. The van der Waals surface area contributed by atoms with Gasteiger partial charge in [0.25, 0.3) is 0 Å². The maximum absolute atomic E-state index is 11.8. The van der Waals surface area contributed by atoms with Gasteiger partial charge in [0.1, 0.15) is 11.4 Å². The molecule has 0 radical (unpaired) electrons. The van der Waals surface area contributed by atoms with Crippen molar-refractivity contribution in [3.8, 4) is 5.75 Å². The van der Waals surface area contributed by atoms with Crippen molar-refractivity contribution in [2.75, 3.05) is 0 Å². The highest BCUT2D eigenvalue weighted by atomic mass is 16.6. The van der Waals surface area contributed by atoms with E-state index < -0.39 is 11.6 Å². The Morgan fingerprint density at radius 2 is 2.20 bits per heavy atom. The number of carbonyl (C=O) groups excluding carboxylic acids is 1. The molecule has 2 aromatic rings. The Labute approximate surface area is 116 Å². The average molecular weight is 273 g/mol. The second-order valence-corrected chi connectivity index (χ2v) is 5.38. The van der Waals surface area contributed by atoms with Gasteiger partial charge in [0, 0.05) is 11.5 Å². The van der Waals surface area contributed by atoms with Crippen molar-refractivity contribution in [1.29, 1.82) is 0 Å². The summed E-state index contributed by atoms with van der Waals surface area (Å²) in [6.07, 6.45) is 0. The summed E-state index contributed by atoms with van der Waals surface area (Å²) in [7, 11) is 0. The van der Waals surface area contributed by atoms with Gasteiger partial charge < -0.3 is 14.7 Å². The number of nitrogens with zero attached hydrogens (tertiary/aromatic N) is 3. The van der Waals surface area contributed by atoms with E-state index in [0.717, 1.165) is 0 Å². The van der Waals surface area contributed by atoms with Crippen LogP contribution < -0.4 is 0 Å². The van der Waals surface area contributed by atoms with Crippen molar-refractivity contribution in [1.82, 2.24) is 9.78 Å². The predicted molar refractivity (Wildman–Crippen MR) is 73.5 cm³/mol. The molecular formula is C14H15N3O3. The van der Waals surface area contributed by atoms with Crippen LogP contribution in [0.15, 0.2) is 18.2 Å². The lowest BCUT2D eigenvalue weighted by molar-refractivity contribution is -0.155. The summed E-state index contributed by atoms with van der Waals surface area (Å²) in [5.41, 5.74) is -0.0491. The summed E-state index contributed by atoms with van der Waals surface area (Å²) < 4.78 is 6.60. The number of phenols is 1. The summed E-state index contributed by atoms with van der Waals surface area (Å²) in [5, 5.41) is 14.2. The molecule has 0 bridgehead atoms. The smallest absolute Gasteiger partial charge is 0.330 e. The molecule has 6 heteroatoms. The number of hydrogen-bond acceptors (Lipinski definition) is 4. The number of fused-ring (bicyclic) bond motifs is 1. The second kappa shape index (κ2) is 4.85. The maximum Gasteiger partial charge on any atom is 0.330 e. The van der Waals surface area contributed by atoms with Crippen LogP contribution in [0.3, 0.4) is 0 Å². The zero-order valence-electron chi connectivity index (χ0n) is 11.5. The molecule has 0 saturated heterocycles. The average Bonchev–Trinajstić information content (AvgIpc) is 2.64. The summed E-state index contributed by atoms with van der Waals surface area (Å²) in [5.74, 6) is -0.190. The van der Waals surface area contributed by atoms with Crippen LogP contribution in [0.1, 0.15) is 20.8 Å². The SMILES string of the molecule is [C-]#[N+]c1nn(CC(=O)OC(C)(C)C)c2cc(O)ccc12. The Morgan fingerprint density at radius 1 is 1.50 bits per heavy atom. The first-order valence-corrected chi connectivity index (χ1v) is 6.09. The van der Waals surface area contributed by atoms with Crippen molar-refractivity contribution < 1.29 is 14.6 Å². The molecule has 0 fully saturated rings. The molecule has 0 amide bonds. The minimum Gasteiger partial charge on any atom is -0.508 e. The number of esters is 1. The minimum absolute atomic E-state index is 0.0550. The van der Waals surface area contributed by atoms with Gasteiger partial charge in [0.2, 0.25) is 0 Å². The minimum atomic E-state index is -0.579. The van der Waals surface area contributed by atoms with Gasteiger partial charge in [-0.1, -0.05) is 12.6 Å². The van der Waals surface area contributed by atoms with E-state index >= 15 is 0 Å². The molecule has 1 N–H and O–H groups in total. The molecule has 0 aliphatic carbocycles. The Hall–Kier alpha value is -2.55. The van der Waals surface area contributed by atoms with Gasteiger partial charge in [-0.15, -0.1) is 0 Å². The molecular weight excluding hydrogens is 258 g/mol. The van der Waals surface area contributed by atoms with E-state index in [1.54, 1.807) is 26.8 Å². The van der Waals surface area contributed by atoms with Gasteiger partial charge in [0.05, 0.1) is 5.52 Å². The van der Waals surface area contributed by atoms with E-state index in [2.05, 4.69) is 9.94 Å². The van der Waals surface area contributed by atoms with Crippen LogP contribution in [-0.4, -0.2) is 26.5 Å². The fourth-order valence-corrected chi connectivity index (χ4v) is 1.84. The third kappa shape index (κ3) is 2.88. The second-order valence-electron chi connectivity index (χ2n) is 5.38. The van der Waals surface area contributed by atoms with Crippen LogP contribution in [0.2, 0.25) is 0 Å². The highest BCUT2D eigenvalue weighted by Gasteiger charge is 2.20. The summed E-state index contributed by atoms with van der Waals surface area (Å²) in [4.78, 5) is 15.1. The molecule has 1 aromatic carbocycles. The zero-order chi connectivity index (χ0) is 14.9. The van der Waals surface area contributed by atoms with Crippen molar-refractivity contribution >= 4 is 22.7 Å². The lowest BCUT2D eigenvalue weighted by atomic mass is 10.2. The van der Waals surface area contributed by atoms with E-state index in [9.17, 15) is 9.90 Å². The number of hydrogen-bond donors (Lipinski definition) is 1. The molecule has 0 saturated carbocycles. The van der Waals surface area contributed by atoms with Crippen LogP contribution in [0.25, 0.3) is 15.7 Å². The maximum atomic E-state index is 11.8. The molecule has 1 aromatic heterocycles. The number of carbonyl (C=O) groups is 1. The monoisotopic (exact) mass is 273 g/mol. The fraction of sp³-hybridized carbons (Fsp3) is 0.357. The summed E-state index contributed by atoms with van der Waals surface area (Å²) >= 11 is 0. The molecule has 0 spiro atoms. The standard InChI is InChI=1S/C14H15N3O3/c1-14(2,3)20-12(19)8-17-11-7-9(18)5-6-10(11)13(15-4)16-17/h5-7,18H,8H2,1-3H3. The molecule has 0 aliphatic rings. The van der Waals surface area contributed by atoms with Gasteiger partial charge in [-0.3, -0.25) is 0 Å². The Balaban J connectivity index is 2.38. The predicted octanol–water partition coefficient (Wildman–Crippen LogP) is 2.63. The van der Waals surface area contributed by atoms with E-state index in [1.807, 2.05) is 0 Å². The van der Waals surface area contributed by atoms with Crippen molar-refractivity contribution in [2.45, 2.75) is 32.9 Å². The normalized spacial score (nSPS) is 11.3. The van der Waals surface area contributed by atoms with Gasteiger partial charge in [0.15, 0.2) is 6.54 Å². The van der Waals surface area contributed by atoms with Gasteiger partial charge in [-0.25, -0.2) is 4.79 Å². The molecule has 1 heterocycles. The van der Waals surface area contributed by atoms with E-state index in [-0.39, 0.29) is 18.1 Å². The first kappa shape index (κ1) is 13.9. The molecule has 0 unspecified atom stereocenters. The Morgan fingerprint density at radius 3 is 2.80 bits per heavy atom. The topological polar surface area (TPSA) is 68.7 Å². The highest BCUT2D eigenvalue weighted by Crippen LogP contribution is 2.28. The lowest BCUT2D eigenvalue weighted by Gasteiger charge is -2.19. The molecule has 104 valence electrons. The third-order valence-electron chi connectivity index (χ3n) is 2.52. The van der Waals surface area contributed by atoms with E-state index in [0.29, 0.717) is 10.9 Å². The van der Waals surface area contributed by atoms with Crippen LogP contribution in [-0.2, 0) is 16.1 Å². The van der Waals surface area contributed by atoms with Gasteiger partial charge in [-0.05, 0) is 31.9 Å². The van der Waals surface area contributed by atoms with E-state index in [1.165, 1.54) is 16.8 Å². The molecule has 0 aliphatic heterocycles. The highest BCUT2D eigenvalue weighted by molar-refractivity contribution is 5.92. The number of aromatic nitrogens is 2. The first-order chi connectivity index (χ1) is 9.30. The van der Waals surface area contributed by atoms with E-state index in [4.69, 9.17) is 11.3 Å². The summed E-state index contributed by atoms with van der Waals surface area (Å²) in [6, 6.07) is 4.56. The summed E-state index contributed by atoms with van der Waals surface area (Å²) in [6.45, 7) is 12.3. The number of phenolic OH excluding ortho intramolecular Hbond substituents is 1. The lowest BCUT2D eigenvalue weighted by Crippen LogP contribution is -2.26. The third-order valence-corrected chi connectivity index (χ3v) is 2.52.